The Hall–Kier alpha value is -2.41. The lowest BCUT2D eigenvalue weighted by Crippen LogP contribution is -2.52. The van der Waals surface area contributed by atoms with E-state index in [0.29, 0.717) is 25.2 Å². The molecule has 1 aliphatic rings. The van der Waals surface area contributed by atoms with Gasteiger partial charge < -0.3 is 10.6 Å². The third-order valence-electron chi connectivity index (χ3n) is 3.37. The van der Waals surface area contributed by atoms with Crippen LogP contribution in [0.5, 0.6) is 0 Å². The first-order valence-electron chi connectivity index (χ1n) is 6.83. The summed E-state index contributed by atoms with van der Waals surface area (Å²) in [5.74, 6) is -0.134. The maximum Gasteiger partial charge on any atom is 0.238 e. The number of piperazine rings is 1. The Morgan fingerprint density at radius 1 is 1.38 bits per heavy atom. The fourth-order valence-electron chi connectivity index (χ4n) is 2.25. The minimum atomic E-state index is -0.262. The van der Waals surface area contributed by atoms with E-state index in [4.69, 9.17) is 10.5 Å². The van der Waals surface area contributed by atoms with Gasteiger partial charge >= 0.3 is 0 Å². The van der Waals surface area contributed by atoms with Crippen molar-refractivity contribution in [1.82, 2.24) is 10.2 Å². The highest BCUT2D eigenvalue weighted by Crippen LogP contribution is 2.10. The number of nitrogens with one attached hydrogen (secondary N) is 2. The zero-order valence-corrected chi connectivity index (χ0v) is 11.7. The highest BCUT2D eigenvalue weighted by Gasteiger charge is 2.23. The largest absolute Gasteiger partial charge is 0.325 e. The zero-order chi connectivity index (χ0) is 15.1. The van der Waals surface area contributed by atoms with Crippen LogP contribution >= 0.6 is 0 Å². The molecule has 21 heavy (non-hydrogen) atoms. The van der Waals surface area contributed by atoms with Crippen molar-refractivity contribution in [3.8, 4) is 12.1 Å². The van der Waals surface area contributed by atoms with Crippen molar-refractivity contribution < 1.29 is 4.79 Å². The van der Waals surface area contributed by atoms with Crippen LogP contribution < -0.4 is 10.6 Å². The average Bonchev–Trinajstić information content (AvgIpc) is 2.50. The summed E-state index contributed by atoms with van der Waals surface area (Å²) in [6, 6.07) is 11.2. The van der Waals surface area contributed by atoms with Crippen molar-refractivity contribution in [1.29, 1.82) is 10.5 Å². The highest BCUT2D eigenvalue weighted by atomic mass is 16.2. The van der Waals surface area contributed by atoms with Crippen molar-refractivity contribution in [2.45, 2.75) is 12.5 Å². The number of amides is 1. The molecular formula is C15H17N5O. The minimum Gasteiger partial charge on any atom is -0.325 e. The molecule has 1 unspecified atom stereocenters. The topological polar surface area (TPSA) is 91.9 Å². The van der Waals surface area contributed by atoms with E-state index in [9.17, 15) is 4.79 Å². The van der Waals surface area contributed by atoms with E-state index in [1.54, 1.807) is 12.1 Å². The number of benzene rings is 1. The van der Waals surface area contributed by atoms with Gasteiger partial charge in [0.2, 0.25) is 5.91 Å². The number of nitriles is 2. The van der Waals surface area contributed by atoms with E-state index < -0.39 is 0 Å². The molecule has 1 aliphatic heterocycles. The molecule has 1 amide bonds. The van der Waals surface area contributed by atoms with Crippen LogP contribution in [0.25, 0.3) is 0 Å². The second-order valence-corrected chi connectivity index (χ2v) is 4.90. The molecule has 0 radical (unpaired) electrons. The van der Waals surface area contributed by atoms with Gasteiger partial charge in [-0.2, -0.15) is 10.5 Å². The summed E-state index contributed by atoms with van der Waals surface area (Å²) in [5.41, 5.74) is 1.62. The third kappa shape index (κ3) is 4.28. The standard InChI is InChI=1S/C15H17N5O/c16-6-5-12-1-3-13(4-2-12)19-15(21)11-20-8-7-18-10-14(20)9-17/h1-4,14,18H,5,7-8,10-11H2,(H,19,21). The van der Waals surface area contributed by atoms with Gasteiger partial charge in [-0.3, -0.25) is 9.69 Å². The van der Waals surface area contributed by atoms with Crippen LogP contribution in [0.1, 0.15) is 5.56 Å². The van der Waals surface area contributed by atoms with E-state index in [0.717, 1.165) is 12.1 Å². The van der Waals surface area contributed by atoms with E-state index >= 15 is 0 Å². The van der Waals surface area contributed by atoms with Crippen LogP contribution in [0.2, 0.25) is 0 Å². The first-order valence-corrected chi connectivity index (χ1v) is 6.83. The predicted molar refractivity (Wildman–Crippen MR) is 78.2 cm³/mol. The molecule has 0 saturated carbocycles. The maximum atomic E-state index is 12.0. The summed E-state index contributed by atoms with van der Waals surface area (Å²) in [6.45, 7) is 2.27. The molecule has 6 nitrogen and oxygen atoms in total. The predicted octanol–water partition coefficient (Wildman–Crippen LogP) is 0.489. The Morgan fingerprint density at radius 3 is 2.81 bits per heavy atom. The van der Waals surface area contributed by atoms with Crippen molar-refractivity contribution in [2.75, 3.05) is 31.5 Å². The molecule has 0 aliphatic carbocycles. The normalized spacial score (nSPS) is 18.5. The van der Waals surface area contributed by atoms with E-state index in [2.05, 4.69) is 22.8 Å². The average molecular weight is 283 g/mol. The number of carbonyl (C=O) groups is 1. The Balaban J connectivity index is 1.89. The molecule has 1 heterocycles. The molecule has 0 aromatic heterocycles. The molecule has 1 fully saturated rings. The molecule has 1 saturated heterocycles. The van der Waals surface area contributed by atoms with Crippen molar-refractivity contribution >= 4 is 11.6 Å². The fraction of sp³-hybridized carbons (Fsp3) is 0.400. The Bertz CT molecular complexity index is 569. The lowest BCUT2D eigenvalue weighted by molar-refractivity contribution is -0.117. The molecule has 6 heteroatoms. The van der Waals surface area contributed by atoms with Crippen LogP contribution in [-0.4, -0.2) is 43.0 Å². The van der Waals surface area contributed by atoms with Crippen LogP contribution in [0.3, 0.4) is 0 Å². The van der Waals surface area contributed by atoms with Gasteiger partial charge in [-0.1, -0.05) is 12.1 Å². The Kier molecular flexibility index (Phi) is 5.28. The summed E-state index contributed by atoms with van der Waals surface area (Å²) < 4.78 is 0. The van der Waals surface area contributed by atoms with Gasteiger partial charge in [0.1, 0.15) is 6.04 Å². The van der Waals surface area contributed by atoms with Crippen LogP contribution in [0, 0.1) is 22.7 Å². The molecule has 1 aromatic carbocycles. The van der Waals surface area contributed by atoms with Gasteiger partial charge in [0.05, 0.1) is 25.1 Å². The van der Waals surface area contributed by atoms with Crippen LogP contribution in [0.15, 0.2) is 24.3 Å². The van der Waals surface area contributed by atoms with Gasteiger partial charge in [0.15, 0.2) is 0 Å². The smallest absolute Gasteiger partial charge is 0.238 e. The number of hydrogen-bond donors (Lipinski definition) is 2. The molecule has 108 valence electrons. The zero-order valence-electron chi connectivity index (χ0n) is 11.7. The van der Waals surface area contributed by atoms with Gasteiger partial charge in [0, 0.05) is 25.3 Å². The van der Waals surface area contributed by atoms with Gasteiger partial charge in [-0.15, -0.1) is 0 Å². The number of rotatable bonds is 4. The quantitative estimate of drug-likeness (QED) is 0.839. The van der Waals surface area contributed by atoms with E-state index in [1.807, 2.05) is 17.0 Å². The summed E-state index contributed by atoms with van der Waals surface area (Å²) in [6.07, 6.45) is 0.360. The van der Waals surface area contributed by atoms with Crippen molar-refractivity contribution in [3.05, 3.63) is 29.8 Å². The van der Waals surface area contributed by atoms with E-state index in [1.165, 1.54) is 0 Å². The number of hydrogen-bond acceptors (Lipinski definition) is 5. The van der Waals surface area contributed by atoms with E-state index in [-0.39, 0.29) is 18.5 Å². The van der Waals surface area contributed by atoms with Crippen molar-refractivity contribution in [3.63, 3.8) is 0 Å². The monoisotopic (exact) mass is 283 g/mol. The minimum absolute atomic E-state index is 0.134. The Labute approximate surface area is 124 Å². The molecule has 2 rings (SSSR count). The third-order valence-corrected chi connectivity index (χ3v) is 3.37. The number of carbonyl (C=O) groups excluding carboxylic acids is 1. The molecule has 0 spiro atoms. The van der Waals surface area contributed by atoms with Gasteiger partial charge in [0.25, 0.3) is 0 Å². The number of nitrogens with zero attached hydrogens (tertiary/aromatic N) is 3. The maximum absolute atomic E-state index is 12.0. The summed E-state index contributed by atoms with van der Waals surface area (Å²) in [5, 5.41) is 23.6. The number of anilines is 1. The first-order chi connectivity index (χ1) is 10.2. The first kappa shape index (κ1) is 15.0. The lowest BCUT2D eigenvalue weighted by Gasteiger charge is -2.31. The summed E-state index contributed by atoms with van der Waals surface area (Å²) >= 11 is 0. The molecular weight excluding hydrogens is 266 g/mol. The molecule has 1 aromatic rings. The van der Waals surface area contributed by atoms with Crippen LogP contribution in [0.4, 0.5) is 5.69 Å². The summed E-state index contributed by atoms with van der Waals surface area (Å²) in [4.78, 5) is 13.9. The van der Waals surface area contributed by atoms with Gasteiger partial charge in [-0.05, 0) is 17.7 Å². The fourth-order valence-corrected chi connectivity index (χ4v) is 2.25. The molecule has 1 atom stereocenters. The Morgan fingerprint density at radius 2 is 2.14 bits per heavy atom. The van der Waals surface area contributed by atoms with Crippen molar-refractivity contribution in [2.24, 2.45) is 0 Å². The molecule has 0 bridgehead atoms. The summed E-state index contributed by atoms with van der Waals surface area (Å²) in [7, 11) is 0. The second kappa shape index (κ2) is 7.39. The lowest BCUT2D eigenvalue weighted by atomic mass is 10.1. The second-order valence-electron chi connectivity index (χ2n) is 4.90. The SMILES string of the molecule is N#CCc1ccc(NC(=O)CN2CCNCC2C#N)cc1. The molecule has 2 N–H and O–H groups in total. The van der Waals surface area contributed by atoms with Crippen LogP contribution in [-0.2, 0) is 11.2 Å². The highest BCUT2D eigenvalue weighted by molar-refractivity contribution is 5.92. The van der Waals surface area contributed by atoms with Gasteiger partial charge in [-0.25, -0.2) is 0 Å².